The van der Waals surface area contributed by atoms with Gasteiger partial charge in [0.25, 0.3) is 0 Å². The molecule has 15 heavy (non-hydrogen) atoms. The summed E-state index contributed by atoms with van der Waals surface area (Å²) in [5.41, 5.74) is 0.895. The van der Waals surface area contributed by atoms with Crippen LogP contribution < -0.4 is 0 Å². The highest BCUT2D eigenvalue weighted by molar-refractivity contribution is 6.31. The molecule has 0 heterocycles. The van der Waals surface area contributed by atoms with Gasteiger partial charge in [0.15, 0.2) is 5.78 Å². The van der Waals surface area contributed by atoms with Crippen LogP contribution >= 0.6 is 11.6 Å². The van der Waals surface area contributed by atoms with E-state index >= 15 is 0 Å². The Morgan fingerprint density at radius 1 is 1.33 bits per heavy atom. The molecule has 0 saturated heterocycles. The molecule has 0 fully saturated rings. The molecule has 1 rings (SSSR count). The van der Waals surface area contributed by atoms with Gasteiger partial charge in [-0.05, 0) is 12.0 Å². The van der Waals surface area contributed by atoms with Gasteiger partial charge in [0, 0.05) is 5.92 Å². The molecule has 1 nitrogen and oxygen atoms in total. The Morgan fingerprint density at radius 2 is 1.93 bits per heavy atom. The molecule has 0 radical (unpaired) electrons. The highest BCUT2D eigenvalue weighted by Crippen LogP contribution is 2.25. The standard InChI is InChI=1S/C13H17ClO/c1-3-7-10(2)13(15)12(14)11-8-5-4-6-9-11/h4-6,8-10,12H,3,7H2,1-2H3. The lowest BCUT2D eigenvalue weighted by Crippen LogP contribution is -2.16. The number of hydrogen-bond acceptors (Lipinski definition) is 1. The lowest BCUT2D eigenvalue weighted by Gasteiger charge is -2.14. The Balaban J connectivity index is 2.69. The molecule has 0 N–H and O–H groups in total. The summed E-state index contributed by atoms with van der Waals surface area (Å²) in [6.45, 7) is 4.03. The summed E-state index contributed by atoms with van der Waals surface area (Å²) in [5, 5.41) is -0.493. The van der Waals surface area contributed by atoms with Gasteiger partial charge in [0.1, 0.15) is 5.38 Å². The molecule has 1 aromatic carbocycles. The first-order valence-corrected chi connectivity index (χ1v) is 5.83. The smallest absolute Gasteiger partial charge is 0.157 e. The summed E-state index contributed by atoms with van der Waals surface area (Å²) in [5.74, 6) is 0.183. The second kappa shape index (κ2) is 5.92. The fourth-order valence-corrected chi connectivity index (χ4v) is 1.97. The molecule has 82 valence electrons. The maximum Gasteiger partial charge on any atom is 0.157 e. The van der Waals surface area contributed by atoms with Crippen molar-refractivity contribution in [2.75, 3.05) is 0 Å². The molecule has 2 heteroatoms. The van der Waals surface area contributed by atoms with E-state index in [-0.39, 0.29) is 11.7 Å². The van der Waals surface area contributed by atoms with E-state index in [2.05, 4.69) is 6.92 Å². The Bertz CT molecular complexity index is 308. The fourth-order valence-electron chi connectivity index (χ4n) is 1.61. The lowest BCUT2D eigenvalue weighted by molar-refractivity contribution is -0.122. The number of hydrogen-bond donors (Lipinski definition) is 0. The maximum absolute atomic E-state index is 11.9. The lowest BCUT2D eigenvalue weighted by atomic mass is 9.95. The average molecular weight is 225 g/mol. The van der Waals surface area contributed by atoms with Crippen molar-refractivity contribution in [3.63, 3.8) is 0 Å². The van der Waals surface area contributed by atoms with Crippen molar-refractivity contribution in [1.29, 1.82) is 0 Å². The number of alkyl halides is 1. The molecule has 1 aromatic rings. The molecular formula is C13H17ClO. The SMILES string of the molecule is CCCC(C)C(=O)C(Cl)c1ccccc1. The van der Waals surface area contributed by atoms with Crippen LogP contribution in [0.15, 0.2) is 30.3 Å². The second-order valence-electron chi connectivity index (χ2n) is 3.87. The monoisotopic (exact) mass is 224 g/mol. The van der Waals surface area contributed by atoms with Crippen molar-refractivity contribution in [3.8, 4) is 0 Å². The summed E-state index contributed by atoms with van der Waals surface area (Å²) in [6.07, 6.45) is 1.93. The number of carbonyl (C=O) groups is 1. The third-order valence-electron chi connectivity index (χ3n) is 2.55. The van der Waals surface area contributed by atoms with Crippen LogP contribution in [0.1, 0.15) is 37.6 Å². The van der Waals surface area contributed by atoms with Crippen LogP contribution in [0, 0.1) is 5.92 Å². The van der Waals surface area contributed by atoms with Gasteiger partial charge in [0.05, 0.1) is 0 Å². The first kappa shape index (κ1) is 12.3. The van der Waals surface area contributed by atoms with E-state index in [1.54, 1.807) is 0 Å². The molecule has 0 amide bonds. The predicted molar refractivity (Wildman–Crippen MR) is 64.1 cm³/mol. The third kappa shape index (κ3) is 3.35. The van der Waals surface area contributed by atoms with E-state index in [0.29, 0.717) is 0 Å². The normalized spacial score (nSPS) is 14.6. The summed E-state index contributed by atoms with van der Waals surface area (Å²) < 4.78 is 0. The molecule has 0 saturated carbocycles. The largest absolute Gasteiger partial charge is 0.297 e. The number of carbonyl (C=O) groups excluding carboxylic acids is 1. The first-order chi connectivity index (χ1) is 7.16. The highest BCUT2D eigenvalue weighted by atomic mass is 35.5. The van der Waals surface area contributed by atoms with Gasteiger partial charge in [-0.3, -0.25) is 4.79 Å². The molecule has 2 unspecified atom stereocenters. The van der Waals surface area contributed by atoms with E-state index in [4.69, 9.17) is 11.6 Å². The zero-order valence-electron chi connectivity index (χ0n) is 9.24. The van der Waals surface area contributed by atoms with E-state index in [0.717, 1.165) is 18.4 Å². The van der Waals surface area contributed by atoms with Crippen LogP contribution in [-0.2, 0) is 4.79 Å². The third-order valence-corrected chi connectivity index (χ3v) is 3.02. The van der Waals surface area contributed by atoms with Crippen molar-refractivity contribution >= 4 is 17.4 Å². The number of halogens is 1. The molecule has 2 atom stereocenters. The van der Waals surface area contributed by atoms with Crippen LogP contribution in [0.5, 0.6) is 0 Å². The van der Waals surface area contributed by atoms with Gasteiger partial charge >= 0.3 is 0 Å². The molecule has 0 spiro atoms. The zero-order valence-corrected chi connectivity index (χ0v) is 10.00. The zero-order chi connectivity index (χ0) is 11.3. The molecule has 0 aromatic heterocycles. The summed E-state index contributed by atoms with van der Waals surface area (Å²) in [4.78, 5) is 11.9. The molecule has 0 aliphatic rings. The van der Waals surface area contributed by atoms with Gasteiger partial charge in [0.2, 0.25) is 0 Å². The minimum atomic E-state index is -0.493. The van der Waals surface area contributed by atoms with Crippen molar-refractivity contribution in [2.24, 2.45) is 5.92 Å². The Kier molecular flexibility index (Phi) is 4.83. The van der Waals surface area contributed by atoms with Crippen LogP contribution in [-0.4, -0.2) is 5.78 Å². The number of Topliss-reactive ketones (excluding diaryl/α,β-unsaturated/α-hetero) is 1. The van der Waals surface area contributed by atoms with Gasteiger partial charge in [-0.25, -0.2) is 0 Å². The van der Waals surface area contributed by atoms with E-state index in [9.17, 15) is 4.79 Å². The van der Waals surface area contributed by atoms with Crippen molar-refractivity contribution in [3.05, 3.63) is 35.9 Å². The quantitative estimate of drug-likeness (QED) is 0.692. The Hall–Kier alpha value is -0.820. The van der Waals surface area contributed by atoms with E-state index in [1.807, 2.05) is 37.3 Å². The van der Waals surface area contributed by atoms with Gasteiger partial charge < -0.3 is 0 Å². The minimum absolute atomic E-state index is 0.0534. The Morgan fingerprint density at radius 3 is 2.47 bits per heavy atom. The van der Waals surface area contributed by atoms with Crippen LogP contribution in [0.4, 0.5) is 0 Å². The summed E-state index contributed by atoms with van der Waals surface area (Å²) >= 11 is 6.14. The van der Waals surface area contributed by atoms with Crippen LogP contribution in [0.3, 0.4) is 0 Å². The van der Waals surface area contributed by atoms with E-state index < -0.39 is 5.38 Å². The molecule has 0 aliphatic heterocycles. The molecule has 0 bridgehead atoms. The topological polar surface area (TPSA) is 17.1 Å². The predicted octanol–water partition coefficient (Wildman–Crippen LogP) is 3.97. The Labute approximate surface area is 96.5 Å². The molecule has 0 aliphatic carbocycles. The van der Waals surface area contributed by atoms with Gasteiger partial charge in [-0.2, -0.15) is 0 Å². The average Bonchev–Trinajstić information content (AvgIpc) is 2.28. The summed E-state index contributed by atoms with van der Waals surface area (Å²) in [6, 6.07) is 9.53. The highest BCUT2D eigenvalue weighted by Gasteiger charge is 2.22. The second-order valence-corrected chi connectivity index (χ2v) is 4.30. The van der Waals surface area contributed by atoms with Crippen molar-refractivity contribution in [2.45, 2.75) is 32.1 Å². The van der Waals surface area contributed by atoms with Crippen molar-refractivity contribution in [1.82, 2.24) is 0 Å². The number of rotatable bonds is 5. The summed E-state index contributed by atoms with van der Waals surface area (Å²) in [7, 11) is 0. The molecular weight excluding hydrogens is 208 g/mol. The number of ketones is 1. The van der Waals surface area contributed by atoms with Crippen molar-refractivity contribution < 1.29 is 4.79 Å². The van der Waals surface area contributed by atoms with Gasteiger partial charge in [-0.1, -0.05) is 50.6 Å². The van der Waals surface area contributed by atoms with Crippen LogP contribution in [0.2, 0.25) is 0 Å². The fraction of sp³-hybridized carbons (Fsp3) is 0.462. The first-order valence-electron chi connectivity index (χ1n) is 5.39. The van der Waals surface area contributed by atoms with E-state index in [1.165, 1.54) is 0 Å². The van der Waals surface area contributed by atoms with Crippen LogP contribution in [0.25, 0.3) is 0 Å². The number of benzene rings is 1. The maximum atomic E-state index is 11.9. The van der Waals surface area contributed by atoms with Gasteiger partial charge in [-0.15, -0.1) is 11.6 Å². The minimum Gasteiger partial charge on any atom is -0.297 e.